The lowest BCUT2D eigenvalue weighted by atomic mass is 10.1. The third kappa shape index (κ3) is 3.70. The zero-order valence-corrected chi connectivity index (χ0v) is 14.7. The standard InChI is InChI=1S/C18H12ClN3O5/c1-21-7-6-20-18(21)17(24)12-3-5-16(14(9-12)22(25)26)27-15-4-2-11(10-23)8-13(15)19/h2-10H,1H3. The number of nitro benzene ring substituents is 1. The summed E-state index contributed by atoms with van der Waals surface area (Å²) in [4.78, 5) is 38.0. The van der Waals surface area contributed by atoms with E-state index in [-0.39, 0.29) is 27.9 Å². The highest BCUT2D eigenvalue weighted by molar-refractivity contribution is 6.32. The Kier molecular flexibility index (Phi) is 5.00. The first-order valence-corrected chi connectivity index (χ1v) is 8.01. The van der Waals surface area contributed by atoms with Crippen LogP contribution in [0.1, 0.15) is 26.5 Å². The maximum absolute atomic E-state index is 12.5. The summed E-state index contributed by atoms with van der Waals surface area (Å²) < 4.78 is 7.05. The Bertz CT molecular complexity index is 1060. The molecule has 0 bridgehead atoms. The molecule has 3 rings (SSSR count). The number of nitrogens with zero attached hydrogens (tertiary/aromatic N) is 3. The maximum Gasteiger partial charge on any atom is 0.312 e. The Morgan fingerprint density at radius 1 is 1.26 bits per heavy atom. The van der Waals surface area contributed by atoms with Crippen molar-refractivity contribution < 1.29 is 19.2 Å². The average molecular weight is 386 g/mol. The number of carbonyl (C=O) groups excluding carboxylic acids is 2. The minimum Gasteiger partial charge on any atom is -0.449 e. The number of ketones is 1. The van der Waals surface area contributed by atoms with Crippen molar-refractivity contribution in [1.29, 1.82) is 0 Å². The van der Waals surface area contributed by atoms with Crippen LogP contribution < -0.4 is 4.74 Å². The fourth-order valence-corrected chi connectivity index (χ4v) is 2.62. The van der Waals surface area contributed by atoms with Crippen molar-refractivity contribution in [2.24, 2.45) is 7.05 Å². The number of nitro groups is 1. The summed E-state index contributed by atoms with van der Waals surface area (Å²) in [6.45, 7) is 0. The van der Waals surface area contributed by atoms with Gasteiger partial charge in [-0.25, -0.2) is 4.98 Å². The van der Waals surface area contributed by atoms with Crippen molar-refractivity contribution in [1.82, 2.24) is 9.55 Å². The highest BCUT2D eigenvalue weighted by atomic mass is 35.5. The number of halogens is 1. The molecule has 27 heavy (non-hydrogen) atoms. The normalized spacial score (nSPS) is 10.4. The average Bonchev–Trinajstić information content (AvgIpc) is 3.08. The largest absolute Gasteiger partial charge is 0.449 e. The van der Waals surface area contributed by atoms with E-state index in [1.165, 1.54) is 41.1 Å². The third-order valence-corrected chi connectivity index (χ3v) is 4.05. The van der Waals surface area contributed by atoms with Crippen molar-refractivity contribution in [3.63, 3.8) is 0 Å². The van der Waals surface area contributed by atoms with Crippen molar-refractivity contribution in [2.75, 3.05) is 0 Å². The SMILES string of the molecule is Cn1ccnc1C(=O)c1ccc(Oc2ccc(C=O)cc2Cl)c([N+](=O)[O-])c1. The monoisotopic (exact) mass is 385 g/mol. The van der Waals surface area contributed by atoms with Crippen LogP contribution in [0.15, 0.2) is 48.8 Å². The van der Waals surface area contributed by atoms with Crippen LogP contribution in [-0.4, -0.2) is 26.5 Å². The molecule has 0 atom stereocenters. The van der Waals surface area contributed by atoms with Crippen molar-refractivity contribution in [3.8, 4) is 11.5 Å². The Balaban J connectivity index is 1.97. The Morgan fingerprint density at radius 2 is 2.00 bits per heavy atom. The first kappa shape index (κ1) is 18.3. The number of rotatable bonds is 6. The summed E-state index contributed by atoms with van der Waals surface area (Å²) >= 11 is 6.04. The van der Waals surface area contributed by atoms with Crippen LogP contribution >= 0.6 is 11.6 Å². The van der Waals surface area contributed by atoms with Gasteiger partial charge in [0.05, 0.1) is 9.95 Å². The maximum atomic E-state index is 12.5. The highest BCUT2D eigenvalue weighted by Gasteiger charge is 2.22. The molecular weight excluding hydrogens is 374 g/mol. The van der Waals surface area contributed by atoms with Gasteiger partial charge in [0.25, 0.3) is 0 Å². The Labute approximate surface area is 158 Å². The third-order valence-electron chi connectivity index (χ3n) is 3.75. The molecule has 0 saturated heterocycles. The first-order chi connectivity index (χ1) is 12.9. The lowest BCUT2D eigenvalue weighted by molar-refractivity contribution is -0.385. The van der Waals surface area contributed by atoms with Crippen molar-refractivity contribution in [3.05, 3.63) is 80.9 Å². The molecule has 0 aliphatic carbocycles. The molecule has 9 heteroatoms. The number of carbonyl (C=O) groups is 2. The second-order valence-corrected chi connectivity index (χ2v) is 5.95. The van der Waals surface area contributed by atoms with Gasteiger partial charge in [0.15, 0.2) is 5.82 Å². The molecule has 0 spiro atoms. The fraction of sp³-hybridized carbons (Fsp3) is 0.0556. The quantitative estimate of drug-likeness (QED) is 0.276. The van der Waals surface area contributed by atoms with E-state index in [9.17, 15) is 19.7 Å². The van der Waals surface area contributed by atoms with Gasteiger partial charge in [0.1, 0.15) is 12.0 Å². The van der Waals surface area contributed by atoms with Gasteiger partial charge in [-0.2, -0.15) is 0 Å². The molecule has 1 aromatic heterocycles. The fourth-order valence-electron chi connectivity index (χ4n) is 2.39. The predicted molar refractivity (Wildman–Crippen MR) is 96.7 cm³/mol. The zero-order chi connectivity index (χ0) is 19.6. The minimum atomic E-state index is -0.655. The van der Waals surface area contributed by atoms with Gasteiger partial charge < -0.3 is 9.30 Å². The van der Waals surface area contributed by atoms with Crippen molar-refractivity contribution >= 4 is 29.4 Å². The lowest BCUT2D eigenvalue weighted by Crippen LogP contribution is -2.09. The number of aldehydes is 1. The second-order valence-electron chi connectivity index (χ2n) is 5.54. The van der Waals surface area contributed by atoms with E-state index in [0.717, 1.165) is 6.07 Å². The lowest BCUT2D eigenvalue weighted by Gasteiger charge is -2.09. The zero-order valence-electron chi connectivity index (χ0n) is 14.0. The molecule has 0 aliphatic heterocycles. The van der Waals surface area contributed by atoms with E-state index in [0.29, 0.717) is 11.8 Å². The smallest absolute Gasteiger partial charge is 0.312 e. The summed E-state index contributed by atoms with van der Waals surface area (Å²) in [5.74, 6) is -0.235. The molecule has 3 aromatic rings. The van der Waals surface area contributed by atoms with Gasteiger partial charge in [0, 0.05) is 36.6 Å². The molecule has 0 amide bonds. The van der Waals surface area contributed by atoms with Gasteiger partial charge >= 0.3 is 5.69 Å². The number of imidazole rings is 1. The molecule has 0 aliphatic rings. The molecule has 136 valence electrons. The number of benzene rings is 2. The molecule has 0 fully saturated rings. The second kappa shape index (κ2) is 7.38. The molecule has 0 saturated carbocycles. The van der Waals surface area contributed by atoms with Gasteiger partial charge in [-0.1, -0.05) is 11.6 Å². The van der Waals surface area contributed by atoms with Crippen LogP contribution in [0.25, 0.3) is 0 Å². The highest BCUT2D eigenvalue weighted by Crippen LogP contribution is 2.36. The van der Waals surface area contributed by atoms with E-state index >= 15 is 0 Å². The van der Waals surface area contributed by atoms with Crippen LogP contribution in [0.2, 0.25) is 5.02 Å². The van der Waals surface area contributed by atoms with Crippen LogP contribution in [0.5, 0.6) is 11.5 Å². The molecule has 0 radical (unpaired) electrons. The molecule has 0 N–H and O–H groups in total. The van der Waals surface area contributed by atoms with Gasteiger partial charge in [0.2, 0.25) is 11.5 Å². The Hall–Kier alpha value is -3.52. The number of ether oxygens (including phenoxy) is 1. The van der Waals surface area contributed by atoms with Crippen LogP contribution in [0.3, 0.4) is 0 Å². The number of aromatic nitrogens is 2. The van der Waals surface area contributed by atoms with Crippen LogP contribution in [0, 0.1) is 10.1 Å². The molecule has 1 heterocycles. The first-order valence-electron chi connectivity index (χ1n) is 7.63. The van der Waals surface area contributed by atoms with Gasteiger partial charge in [-0.05, 0) is 30.3 Å². The van der Waals surface area contributed by atoms with E-state index in [4.69, 9.17) is 16.3 Å². The predicted octanol–water partition coefficient (Wildman–Crippen LogP) is 3.82. The summed E-state index contributed by atoms with van der Waals surface area (Å²) in [5.41, 5.74) is 0.0502. The summed E-state index contributed by atoms with van der Waals surface area (Å²) in [5, 5.41) is 11.6. The van der Waals surface area contributed by atoms with Crippen LogP contribution in [-0.2, 0) is 7.05 Å². The van der Waals surface area contributed by atoms with E-state index in [2.05, 4.69) is 4.98 Å². The summed E-state index contributed by atoms with van der Waals surface area (Å²) in [6, 6.07) is 8.14. The van der Waals surface area contributed by atoms with Crippen molar-refractivity contribution in [2.45, 2.75) is 0 Å². The number of hydrogen-bond acceptors (Lipinski definition) is 6. The minimum absolute atomic E-state index is 0.0860. The topological polar surface area (TPSA) is 104 Å². The molecular formula is C18H12ClN3O5. The van der Waals surface area contributed by atoms with E-state index in [1.54, 1.807) is 13.2 Å². The van der Waals surface area contributed by atoms with E-state index < -0.39 is 16.4 Å². The molecule has 2 aromatic carbocycles. The van der Waals surface area contributed by atoms with E-state index in [1.807, 2.05) is 0 Å². The van der Waals surface area contributed by atoms with Gasteiger partial charge in [-0.3, -0.25) is 19.7 Å². The summed E-state index contributed by atoms with van der Waals surface area (Å²) in [6.07, 6.45) is 3.68. The van der Waals surface area contributed by atoms with Gasteiger partial charge in [-0.15, -0.1) is 0 Å². The Morgan fingerprint density at radius 3 is 2.59 bits per heavy atom. The summed E-state index contributed by atoms with van der Waals surface area (Å²) in [7, 11) is 1.65. The van der Waals surface area contributed by atoms with Crippen LogP contribution in [0.4, 0.5) is 5.69 Å². The molecule has 0 unspecified atom stereocenters. The number of aryl methyl sites for hydroxylation is 1. The molecule has 8 nitrogen and oxygen atoms in total. The number of hydrogen-bond donors (Lipinski definition) is 0.